The van der Waals surface area contributed by atoms with E-state index in [9.17, 15) is 10.2 Å². The van der Waals surface area contributed by atoms with Crippen LogP contribution in [0.15, 0.2) is 18.2 Å². The van der Waals surface area contributed by atoms with E-state index in [0.717, 1.165) is 17.5 Å². The molecule has 82 valence electrons. The van der Waals surface area contributed by atoms with Crippen LogP contribution in [-0.2, 0) is 12.8 Å². The van der Waals surface area contributed by atoms with Crippen LogP contribution in [0.5, 0.6) is 5.75 Å². The standard InChI is InChI=1S/C12H17NO2/c1-13(2)10-7-9-8(6-12(10)15)4-3-5-11(9)14/h3-5,10,12,14-15H,6-7H2,1-2H3/t10-,12-/m0/s1. The Kier molecular flexibility index (Phi) is 2.67. The summed E-state index contributed by atoms with van der Waals surface area (Å²) in [5.41, 5.74) is 2.06. The van der Waals surface area contributed by atoms with Gasteiger partial charge in [0.25, 0.3) is 0 Å². The van der Waals surface area contributed by atoms with Gasteiger partial charge >= 0.3 is 0 Å². The number of likely N-dealkylation sites (N-methyl/N-ethyl adjacent to an activating group) is 1. The van der Waals surface area contributed by atoms with Crippen molar-refractivity contribution in [3.05, 3.63) is 29.3 Å². The number of rotatable bonds is 1. The molecule has 0 heterocycles. The van der Waals surface area contributed by atoms with E-state index < -0.39 is 0 Å². The van der Waals surface area contributed by atoms with Crippen molar-refractivity contribution in [3.63, 3.8) is 0 Å². The van der Waals surface area contributed by atoms with Crippen LogP contribution in [0.25, 0.3) is 0 Å². The molecule has 1 aromatic rings. The fourth-order valence-electron chi connectivity index (χ4n) is 2.28. The number of aliphatic hydroxyl groups excluding tert-OH is 1. The van der Waals surface area contributed by atoms with E-state index in [-0.39, 0.29) is 12.1 Å². The number of fused-ring (bicyclic) bond motifs is 1. The Hall–Kier alpha value is -1.06. The van der Waals surface area contributed by atoms with Gasteiger partial charge in [0, 0.05) is 12.5 Å². The fraction of sp³-hybridized carbons (Fsp3) is 0.500. The van der Waals surface area contributed by atoms with Crippen LogP contribution >= 0.6 is 0 Å². The van der Waals surface area contributed by atoms with Gasteiger partial charge in [0.05, 0.1) is 6.10 Å². The Morgan fingerprint density at radius 2 is 2.00 bits per heavy atom. The van der Waals surface area contributed by atoms with Gasteiger partial charge in [-0.3, -0.25) is 0 Å². The summed E-state index contributed by atoms with van der Waals surface area (Å²) >= 11 is 0. The normalized spacial score (nSPS) is 25.3. The first-order valence-corrected chi connectivity index (χ1v) is 5.24. The summed E-state index contributed by atoms with van der Waals surface area (Å²) in [6, 6.07) is 5.62. The van der Waals surface area contributed by atoms with Crippen LogP contribution in [0.2, 0.25) is 0 Å². The minimum absolute atomic E-state index is 0.103. The molecule has 0 fully saturated rings. The van der Waals surface area contributed by atoms with E-state index >= 15 is 0 Å². The summed E-state index contributed by atoms with van der Waals surface area (Å²) in [6.45, 7) is 0. The fourth-order valence-corrected chi connectivity index (χ4v) is 2.28. The van der Waals surface area contributed by atoms with E-state index in [1.54, 1.807) is 6.07 Å². The third kappa shape index (κ3) is 1.85. The maximum absolute atomic E-state index is 9.95. The molecule has 0 aliphatic heterocycles. The first-order chi connectivity index (χ1) is 7.09. The van der Waals surface area contributed by atoms with Crippen LogP contribution in [0.3, 0.4) is 0 Å². The van der Waals surface area contributed by atoms with Crippen LogP contribution in [0, 0.1) is 0 Å². The molecule has 0 amide bonds. The zero-order valence-corrected chi connectivity index (χ0v) is 9.14. The zero-order chi connectivity index (χ0) is 11.0. The lowest BCUT2D eigenvalue weighted by Gasteiger charge is -2.34. The molecule has 1 aliphatic rings. The molecular formula is C12H17NO2. The number of benzene rings is 1. The first-order valence-electron chi connectivity index (χ1n) is 5.24. The number of hydrogen-bond donors (Lipinski definition) is 2. The van der Waals surface area contributed by atoms with Crippen molar-refractivity contribution in [3.8, 4) is 5.75 Å². The van der Waals surface area contributed by atoms with Gasteiger partial charge in [0.2, 0.25) is 0 Å². The minimum atomic E-state index is -0.339. The number of aliphatic hydroxyl groups is 1. The quantitative estimate of drug-likeness (QED) is 0.715. The molecule has 0 aromatic heterocycles. The average molecular weight is 207 g/mol. The molecule has 0 saturated carbocycles. The Balaban J connectivity index is 2.35. The summed E-state index contributed by atoms with van der Waals surface area (Å²) in [5, 5.41) is 19.7. The summed E-state index contributed by atoms with van der Waals surface area (Å²) in [4.78, 5) is 2.01. The van der Waals surface area contributed by atoms with Gasteiger partial charge in [-0.05, 0) is 37.7 Å². The number of aromatic hydroxyl groups is 1. The van der Waals surface area contributed by atoms with Gasteiger partial charge in [-0.25, -0.2) is 0 Å². The third-order valence-electron chi connectivity index (χ3n) is 3.20. The number of nitrogens with zero attached hydrogens (tertiary/aromatic N) is 1. The lowest BCUT2D eigenvalue weighted by Crippen LogP contribution is -2.44. The van der Waals surface area contributed by atoms with Crippen molar-refractivity contribution >= 4 is 0 Å². The average Bonchev–Trinajstić information content (AvgIpc) is 2.16. The van der Waals surface area contributed by atoms with Gasteiger partial charge < -0.3 is 15.1 Å². The highest BCUT2D eigenvalue weighted by atomic mass is 16.3. The summed E-state index contributed by atoms with van der Waals surface area (Å²) < 4.78 is 0. The minimum Gasteiger partial charge on any atom is -0.508 e. The molecule has 0 spiro atoms. The van der Waals surface area contributed by atoms with Gasteiger partial charge in [0.15, 0.2) is 0 Å². The Morgan fingerprint density at radius 1 is 1.27 bits per heavy atom. The molecule has 15 heavy (non-hydrogen) atoms. The van der Waals surface area contributed by atoms with E-state index in [4.69, 9.17) is 0 Å². The lowest BCUT2D eigenvalue weighted by atomic mass is 9.85. The predicted molar refractivity (Wildman–Crippen MR) is 59.0 cm³/mol. The second-order valence-corrected chi connectivity index (χ2v) is 4.42. The largest absolute Gasteiger partial charge is 0.508 e. The summed E-state index contributed by atoms with van der Waals surface area (Å²) in [5.74, 6) is 0.353. The molecule has 1 aromatic carbocycles. The van der Waals surface area contributed by atoms with Gasteiger partial charge in [-0.15, -0.1) is 0 Å². The van der Waals surface area contributed by atoms with E-state index in [0.29, 0.717) is 12.2 Å². The second-order valence-electron chi connectivity index (χ2n) is 4.42. The van der Waals surface area contributed by atoms with Crippen molar-refractivity contribution in [2.24, 2.45) is 0 Å². The maximum Gasteiger partial charge on any atom is 0.119 e. The monoisotopic (exact) mass is 207 g/mol. The topological polar surface area (TPSA) is 43.7 Å². The maximum atomic E-state index is 9.95. The van der Waals surface area contributed by atoms with E-state index in [1.807, 2.05) is 31.1 Å². The van der Waals surface area contributed by atoms with Gasteiger partial charge in [-0.1, -0.05) is 12.1 Å². The molecule has 0 bridgehead atoms. The highest BCUT2D eigenvalue weighted by Gasteiger charge is 2.29. The van der Waals surface area contributed by atoms with E-state index in [1.165, 1.54) is 0 Å². The van der Waals surface area contributed by atoms with Crippen molar-refractivity contribution in [2.75, 3.05) is 14.1 Å². The molecule has 3 heteroatoms. The molecule has 0 saturated heterocycles. The Bertz CT molecular complexity index is 363. The van der Waals surface area contributed by atoms with Crippen molar-refractivity contribution in [1.82, 2.24) is 4.90 Å². The summed E-state index contributed by atoms with van der Waals surface area (Å²) in [7, 11) is 3.91. The third-order valence-corrected chi connectivity index (χ3v) is 3.20. The second kappa shape index (κ2) is 3.83. The van der Waals surface area contributed by atoms with Gasteiger partial charge in [-0.2, -0.15) is 0 Å². The molecule has 1 aliphatic carbocycles. The molecule has 0 unspecified atom stereocenters. The summed E-state index contributed by atoms with van der Waals surface area (Å²) in [6.07, 6.45) is 1.01. The van der Waals surface area contributed by atoms with Crippen molar-refractivity contribution in [1.29, 1.82) is 0 Å². The Labute approximate surface area is 90.0 Å². The lowest BCUT2D eigenvalue weighted by molar-refractivity contribution is 0.0686. The molecule has 2 atom stereocenters. The number of hydrogen-bond acceptors (Lipinski definition) is 3. The number of phenols is 1. The van der Waals surface area contributed by atoms with Crippen LogP contribution in [0.4, 0.5) is 0 Å². The van der Waals surface area contributed by atoms with Crippen LogP contribution in [-0.4, -0.2) is 41.4 Å². The van der Waals surface area contributed by atoms with Gasteiger partial charge in [0.1, 0.15) is 5.75 Å². The molecule has 3 nitrogen and oxygen atoms in total. The highest BCUT2D eigenvalue weighted by Crippen LogP contribution is 2.30. The van der Waals surface area contributed by atoms with E-state index in [2.05, 4.69) is 0 Å². The SMILES string of the molecule is CN(C)[C@H]1Cc2c(O)cccc2C[C@@H]1O. The van der Waals surface area contributed by atoms with Crippen LogP contribution < -0.4 is 0 Å². The first kappa shape index (κ1) is 10.5. The smallest absolute Gasteiger partial charge is 0.119 e. The molecule has 0 radical (unpaired) electrons. The molecule has 2 N–H and O–H groups in total. The Morgan fingerprint density at radius 3 is 2.67 bits per heavy atom. The highest BCUT2D eigenvalue weighted by molar-refractivity contribution is 5.42. The predicted octanol–water partition coefficient (Wildman–Crippen LogP) is 0.782. The molecule has 2 rings (SSSR count). The molecular weight excluding hydrogens is 190 g/mol. The zero-order valence-electron chi connectivity index (χ0n) is 9.14. The number of phenolic OH excluding ortho intramolecular Hbond substituents is 1. The van der Waals surface area contributed by atoms with Crippen molar-refractivity contribution < 1.29 is 10.2 Å². The van der Waals surface area contributed by atoms with Crippen LogP contribution in [0.1, 0.15) is 11.1 Å². The van der Waals surface area contributed by atoms with Crippen molar-refractivity contribution in [2.45, 2.75) is 25.0 Å².